The lowest BCUT2D eigenvalue weighted by Crippen LogP contribution is -2.14. The summed E-state index contributed by atoms with van der Waals surface area (Å²) in [7, 11) is 0. The Bertz CT molecular complexity index is 261. The van der Waals surface area contributed by atoms with Gasteiger partial charge in [-0.05, 0) is 18.7 Å². The summed E-state index contributed by atoms with van der Waals surface area (Å²) in [6, 6.07) is 0. The van der Waals surface area contributed by atoms with Gasteiger partial charge in [-0.15, -0.1) is 0 Å². The summed E-state index contributed by atoms with van der Waals surface area (Å²) < 4.78 is 0. The molecule has 1 rings (SSSR count). The summed E-state index contributed by atoms with van der Waals surface area (Å²) in [4.78, 5) is 8.65. The quantitative estimate of drug-likeness (QED) is 0.722. The monoisotopic (exact) mass is 225 g/mol. The third-order valence-electron chi connectivity index (χ3n) is 1.95. The summed E-state index contributed by atoms with van der Waals surface area (Å²) in [6.45, 7) is 6.23. The number of rotatable bonds is 7. The Labute approximate surface area is 96.1 Å². The maximum atomic E-state index is 4.32. The summed E-state index contributed by atoms with van der Waals surface area (Å²) in [6.07, 6.45) is 4.99. The van der Waals surface area contributed by atoms with Crippen LogP contribution in [0.4, 0.5) is 0 Å². The highest BCUT2D eigenvalue weighted by Crippen LogP contribution is 2.06. The van der Waals surface area contributed by atoms with Crippen LogP contribution in [-0.4, -0.2) is 22.3 Å². The first-order chi connectivity index (χ1) is 7.36. The zero-order chi connectivity index (χ0) is 10.9. The molecular formula is C11H19N3S. The lowest BCUT2D eigenvalue weighted by atomic mass is 10.3. The standard InChI is InChI=1S/C11H19N3S/c1-3-5-12-6-10-7-13-11(14-8-10)9-15-4-2/h7-8,12H,3-6,9H2,1-2H3. The van der Waals surface area contributed by atoms with Crippen LogP contribution in [0.1, 0.15) is 31.7 Å². The molecule has 0 saturated carbocycles. The van der Waals surface area contributed by atoms with Gasteiger partial charge in [-0.25, -0.2) is 9.97 Å². The SMILES string of the molecule is CCCNCc1cnc(CSCC)nc1. The van der Waals surface area contributed by atoms with Crippen molar-refractivity contribution in [2.75, 3.05) is 12.3 Å². The fourth-order valence-electron chi connectivity index (χ4n) is 1.15. The average molecular weight is 225 g/mol. The van der Waals surface area contributed by atoms with Gasteiger partial charge in [0.05, 0.1) is 5.75 Å². The fraction of sp³-hybridized carbons (Fsp3) is 0.636. The van der Waals surface area contributed by atoms with Crippen LogP contribution in [0.25, 0.3) is 0 Å². The van der Waals surface area contributed by atoms with Crippen LogP contribution in [0.3, 0.4) is 0 Å². The highest BCUT2D eigenvalue weighted by atomic mass is 32.2. The molecule has 0 aliphatic heterocycles. The van der Waals surface area contributed by atoms with Gasteiger partial charge in [0.15, 0.2) is 0 Å². The van der Waals surface area contributed by atoms with E-state index in [1.807, 2.05) is 24.2 Å². The summed E-state index contributed by atoms with van der Waals surface area (Å²) in [5, 5.41) is 3.33. The van der Waals surface area contributed by atoms with E-state index in [1.54, 1.807) is 0 Å². The number of thioether (sulfide) groups is 1. The predicted octanol–water partition coefficient (Wildman–Crippen LogP) is 2.23. The molecule has 15 heavy (non-hydrogen) atoms. The van der Waals surface area contributed by atoms with Crippen molar-refractivity contribution in [3.8, 4) is 0 Å². The topological polar surface area (TPSA) is 37.8 Å². The molecule has 0 atom stereocenters. The van der Waals surface area contributed by atoms with E-state index in [2.05, 4.69) is 29.1 Å². The summed E-state index contributed by atoms with van der Waals surface area (Å²) >= 11 is 1.85. The van der Waals surface area contributed by atoms with E-state index in [0.29, 0.717) is 0 Å². The maximum Gasteiger partial charge on any atom is 0.138 e. The predicted molar refractivity (Wildman–Crippen MR) is 65.9 cm³/mol. The smallest absolute Gasteiger partial charge is 0.138 e. The van der Waals surface area contributed by atoms with E-state index in [-0.39, 0.29) is 0 Å². The Morgan fingerprint density at radius 2 is 2.00 bits per heavy atom. The van der Waals surface area contributed by atoms with Crippen molar-refractivity contribution < 1.29 is 0 Å². The van der Waals surface area contributed by atoms with Crippen LogP contribution in [-0.2, 0) is 12.3 Å². The highest BCUT2D eigenvalue weighted by molar-refractivity contribution is 7.98. The van der Waals surface area contributed by atoms with Crippen molar-refractivity contribution in [2.45, 2.75) is 32.6 Å². The van der Waals surface area contributed by atoms with Crippen LogP contribution >= 0.6 is 11.8 Å². The second-order valence-corrected chi connectivity index (χ2v) is 4.60. The van der Waals surface area contributed by atoms with Gasteiger partial charge < -0.3 is 5.32 Å². The molecule has 0 aromatic carbocycles. The van der Waals surface area contributed by atoms with Crippen molar-refractivity contribution in [1.82, 2.24) is 15.3 Å². The van der Waals surface area contributed by atoms with Crippen LogP contribution in [0.15, 0.2) is 12.4 Å². The molecule has 0 radical (unpaired) electrons. The molecule has 0 amide bonds. The zero-order valence-corrected chi connectivity index (χ0v) is 10.3. The lowest BCUT2D eigenvalue weighted by Gasteiger charge is -2.03. The molecule has 0 unspecified atom stereocenters. The molecule has 1 aromatic rings. The lowest BCUT2D eigenvalue weighted by molar-refractivity contribution is 0.671. The Morgan fingerprint density at radius 3 is 2.60 bits per heavy atom. The Kier molecular flexibility index (Phi) is 6.36. The van der Waals surface area contributed by atoms with E-state index >= 15 is 0 Å². The Morgan fingerprint density at radius 1 is 1.27 bits per heavy atom. The molecule has 4 heteroatoms. The minimum atomic E-state index is 0.870. The minimum Gasteiger partial charge on any atom is -0.313 e. The highest BCUT2D eigenvalue weighted by Gasteiger charge is 1.97. The van der Waals surface area contributed by atoms with Gasteiger partial charge in [-0.1, -0.05) is 13.8 Å². The van der Waals surface area contributed by atoms with E-state index in [1.165, 1.54) is 0 Å². The second kappa shape index (κ2) is 7.65. The van der Waals surface area contributed by atoms with E-state index < -0.39 is 0 Å². The molecule has 0 aliphatic carbocycles. The average Bonchev–Trinajstić information content (AvgIpc) is 2.28. The molecule has 0 spiro atoms. The number of hydrogen-bond donors (Lipinski definition) is 1. The molecule has 1 heterocycles. The summed E-state index contributed by atoms with van der Waals surface area (Å²) in [5.41, 5.74) is 1.16. The molecule has 84 valence electrons. The molecule has 0 fully saturated rings. The van der Waals surface area contributed by atoms with Crippen LogP contribution < -0.4 is 5.32 Å². The van der Waals surface area contributed by atoms with Crippen LogP contribution in [0.2, 0.25) is 0 Å². The second-order valence-electron chi connectivity index (χ2n) is 3.32. The largest absolute Gasteiger partial charge is 0.313 e. The first kappa shape index (κ1) is 12.5. The van der Waals surface area contributed by atoms with Crippen LogP contribution in [0.5, 0.6) is 0 Å². The van der Waals surface area contributed by atoms with Crippen molar-refractivity contribution in [3.63, 3.8) is 0 Å². The van der Waals surface area contributed by atoms with Gasteiger partial charge in [0.25, 0.3) is 0 Å². The third-order valence-corrected chi connectivity index (χ3v) is 2.82. The number of nitrogens with one attached hydrogen (secondary N) is 1. The summed E-state index contributed by atoms with van der Waals surface area (Å²) in [5.74, 6) is 2.96. The molecule has 3 nitrogen and oxygen atoms in total. The first-order valence-corrected chi connectivity index (χ1v) is 6.60. The number of hydrogen-bond acceptors (Lipinski definition) is 4. The van der Waals surface area contributed by atoms with Gasteiger partial charge >= 0.3 is 0 Å². The van der Waals surface area contributed by atoms with Crippen molar-refractivity contribution in [3.05, 3.63) is 23.8 Å². The van der Waals surface area contributed by atoms with Gasteiger partial charge in [-0.2, -0.15) is 11.8 Å². The molecule has 0 aliphatic rings. The molecule has 1 aromatic heterocycles. The third kappa shape index (κ3) is 5.14. The number of nitrogens with zero attached hydrogens (tertiary/aromatic N) is 2. The Hall–Kier alpha value is -0.610. The van der Waals surface area contributed by atoms with Crippen LogP contribution in [0, 0.1) is 0 Å². The molecular weight excluding hydrogens is 206 g/mol. The van der Waals surface area contributed by atoms with Crippen molar-refractivity contribution in [2.24, 2.45) is 0 Å². The van der Waals surface area contributed by atoms with Crippen molar-refractivity contribution in [1.29, 1.82) is 0 Å². The van der Waals surface area contributed by atoms with E-state index in [0.717, 1.165) is 42.4 Å². The van der Waals surface area contributed by atoms with Gasteiger partial charge in [-0.3, -0.25) is 0 Å². The molecule has 1 N–H and O–H groups in total. The van der Waals surface area contributed by atoms with Gasteiger partial charge in [0.1, 0.15) is 5.82 Å². The first-order valence-electron chi connectivity index (χ1n) is 5.45. The number of aromatic nitrogens is 2. The molecule has 0 bridgehead atoms. The van der Waals surface area contributed by atoms with Crippen molar-refractivity contribution >= 4 is 11.8 Å². The molecule has 0 saturated heterocycles. The maximum absolute atomic E-state index is 4.32. The normalized spacial score (nSPS) is 10.5. The zero-order valence-electron chi connectivity index (χ0n) is 9.49. The van der Waals surface area contributed by atoms with Gasteiger partial charge in [0, 0.05) is 24.5 Å². The van der Waals surface area contributed by atoms with E-state index in [9.17, 15) is 0 Å². The van der Waals surface area contributed by atoms with Gasteiger partial charge in [0.2, 0.25) is 0 Å². The van der Waals surface area contributed by atoms with E-state index in [4.69, 9.17) is 0 Å². The minimum absolute atomic E-state index is 0.870. The Balaban J connectivity index is 2.35. The fourth-order valence-corrected chi connectivity index (χ4v) is 1.69.